The first-order valence-electron chi connectivity index (χ1n) is 11.6. The summed E-state index contributed by atoms with van der Waals surface area (Å²) in [5.74, 6) is -0.530. The van der Waals surface area contributed by atoms with Gasteiger partial charge in [0.2, 0.25) is 5.91 Å². The molecule has 196 valence electrons. The zero-order valence-electron chi connectivity index (χ0n) is 20.5. The Morgan fingerprint density at radius 3 is 2.37 bits per heavy atom. The van der Waals surface area contributed by atoms with Crippen LogP contribution in [-0.2, 0) is 16.2 Å². The highest BCUT2D eigenvalue weighted by molar-refractivity contribution is 9.11. The molecule has 1 saturated heterocycles. The first kappa shape index (κ1) is 28.1. The molecule has 0 radical (unpaired) electrons. The number of hydrogen-bond donors (Lipinski definition) is 1. The van der Waals surface area contributed by atoms with Crippen LogP contribution in [0.2, 0.25) is 0 Å². The molecule has 38 heavy (non-hydrogen) atoms. The molecule has 1 heterocycles. The Kier molecular flexibility index (Phi) is 9.07. The Morgan fingerprint density at radius 2 is 1.74 bits per heavy atom. The summed E-state index contributed by atoms with van der Waals surface area (Å²) in [5, 5.41) is 2.21. The lowest BCUT2D eigenvalue weighted by atomic mass is 10.0. The van der Waals surface area contributed by atoms with E-state index in [1.54, 1.807) is 48.5 Å². The van der Waals surface area contributed by atoms with Crippen molar-refractivity contribution in [3.05, 3.63) is 97.0 Å². The number of benzene rings is 3. The normalized spacial score (nSPS) is 14.5. The second-order valence-corrected chi connectivity index (χ2v) is 11.5. The maximum Gasteiger partial charge on any atom is 0.294 e. The number of carbonyl (C=O) groups excluding carboxylic acids is 3. The molecule has 0 aromatic heterocycles. The van der Waals surface area contributed by atoms with Crippen molar-refractivity contribution in [3.8, 4) is 5.75 Å². The van der Waals surface area contributed by atoms with Gasteiger partial charge in [0.1, 0.15) is 24.7 Å². The molecule has 1 aliphatic rings. The van der Waals surface area contributed by atoms with Gasteiger partial charge in [-0.1, -0.05) is 44.2 Å². The van der Waals surface area contributed by atoms with Crippen LogP contribution in [0.25, 0.3) is 6.08 Å². The van der Waals surface area contributed by atoms with Crippen LogP contribution in [-0.4, -0.2) is 28.5 Å². The average molecular weight is 662 g/mol. The second-order valence-electron chi connectivity index (χ2n) is 8.79. The zero-order chi connectivity index (χ0) is 27.4. The Morgan fingerprint density at radius 1 is 1.08 bits per heavy atom. The Bertz CT molecular complexity index is 1400. The molecule has 1 N–H and O–H groups in total. The van der Waals surface area contributed by atoms with E-state index in [9.17, 15) is 18.8 Å². The highest BCUT2D eigenvalue weighted by Gasteiger charge is 2.36. The number of carbonyl (C=O) groups is 3. The van der Waals surface area contributed by atoms with E-state index in [0.29, 0.717) is 37.4 Å². The fourth-order valence-corrected chi connectivity index (χ4v) is 5.94. The zero-order valence-corrected chi connectivity index (χ0v) is 24.5. The van der Waals surface area contributed by atoms with Gasteiger partial charge in [0.05, 0.1) is 13.9 Å². The van der Waals surface area contributed by atoms with Crippen molar-refractivity contribution in [2.45, 2.75) is 26.4 Å². The number of ether oxygens (including phenoxy) is 1. The predicted octanol–water partition coefficient (Wildman–Crippen LogP) is 7.73. The number of nitrogens with one attached hydrogen (secondary N) is 1. The van der Waals surface area contributed by atoms with Gasteiger partial charge in [-0.3, -0.25) is 19.3 Å². The maximum atomic E-state index is 13.9. The number of halogens is 3. The molecule has 0 aliphatic carbocycles. The molecule has 0 saturated carbocycles. The third kappa shape index (κ3) is 6.73. The summed E-state index contributed by atoms with van der Waals surface area (Å²) in [6.45, 7) is 3.81. The van der Waals surface area contributed by atoms with E-state index in [1.165, 1.54) is 6.07 Å². The highest BCUT2D eigenvalue weighted by atomic mass is 79.9. The maximum absolute atomic E-state index is 13.9. The van der Waals surface area contributed by atoms with Crippen molar-refractivity contribution < 1.29 is 23.5 Å². The van der Waals surface area contributed by atoms with Crippen molar-refractivity contribution in [2.24, 2.45) is 0 Å². The van der Waals surface area contributed by atoms with Crippen LogP contribution < -0.4 is 10.1 Å². The quantitative estimate of drug-likeness (QED) is 0.250. The molecule has 0 spiro atoms. The van der Waals surface area contributed by atoms with Crippen molar-refractivity contribution in [3.63, 3.8) is 0 Å². The Labute approximate surface area is 240 Å². The van der Waals surface area contributed by atoms with E-state index in [4.69, 9.17) is 4.74 Å². The number of hydrogen-bond acceptors (Lipinski definition) is 5. The van der Waals surface area contributed by atoms with Crippen LogP contribution in [0.5, 0.6) is 5.75 Å². The number of thioether (sulfide) groups is 1. The van der Waals surface area contributed by atoms with Crippen molar-refractivity contribution in [1.29, 1.82) is 0 Å². The Hall–Kier alpha value is -2.95. The minimum atomic E-state index is -0.544. The van der Waals surface area contributed by atoms with Gasteiger partial charge >= 0.3 is 0 Å². The van der Waals surface area contributed by atoms with Crippen molar-refractivity contribution in [1.82, 2.24) is 4.90 Å². The lowest BCUT2D eigenvalue weighted by molar-refractivity contribution is -0.127. The molecule has 0 atom stereocenters. The van der Waals surface area contributed by atoms with Gasteiger partial charge in [0.25, 0.3) is 11.1 Å². The summed E-state index contributed by atoms with van der Waals surface area (Å²) < 4.78 is 20.9. The molecule has 0 bridgehead atoms. The lowest BCUT2D eigenvalue weighted by Gasteiger charge is -2.13. The standard InChI is InChI=1S/C28H23Br2FN2O4S/c1-16(2)18-7-9-20(10-8-18)32-25(34)14-33-27(35)24(38-28(33)36)13-17-11-21(29)26(22(30)12-17)37-15-19-5-3-4-6-23(19)31/h3-13,16H,14-15H2,1-2H3,(H,32,34)/b24-13+. The second kappa shape index (κ2) is 12.3. The minimum Gasteiger partial charge on any atom is -0.486 e. The van der Waals surface area contributed by atoms with Gasteiger partial charge < -0.3 is 10.1 Å². The van der Waals surface area contributed by atoms with Crippen LogP contribution in [0.1, 0.15) is 36.5 Å². The SMILES string of the molecule is CC(C)c1ccc(NC(=O)CN2C(=O)S/C(=C/c3cc(Br)c(OCc4ccccc4F)c(Br)c3)C2=O)cc1. The van der Waals surface area contributed by atoms with Crippen LogP contribution in [0, 0.1) is 5.82 Å². The largest absolute Gasteiger partial charge is 0.486 e. The number of amides is 3. The molecular formula is C28H23Br2FN2O4S. The van der Waals surface area contributed by atoms with Gasteiger partial charge in [-0.15, -0.1) is 0 Å². The highest BCUT2D eigenvalue weighted by Crippen LogP contribution is 2.38. The smallest absolute Gasteiger partial charge is 0.294 e. The number of nitrogens with zero attached hydrogens (tertiary/aromatic N) is 1. The van der Waals surface area contributed by atoms with E-state index in [2.05, 4.69) is 51.0 Å². The number of imide groups is 1. The molecule has 10 heteroatoms. The number of anilines is 1. The molecule has 0 unspecified atom stereocenters. The summed E-state index contributed by atoms with van der Waals surface area (Å²) in [6.07, 6.45) is 1.57. The molecule has 1 fully saturated rings. The van der Waals surface area contributed by atoms with E-state index >= 15 is 0 Å². The van der Waals surface area contributed by atoms with Gasteiger partial charge in [-0.05, 0) is 97.1 Å². The topological polar surface area (TPSA) is 75.7 Å². The first-order chi connectivity index (χ1) is 18.1. The summed E-state index contributed by atoms with van der Waals surface area (Å²) in [5.41, 5.74) is 2.78. The fraction of sp³-hybridized carbons (Fsp3) is 0.179. The third-order valence-corrected chi connectivity index (χ3v) is 7.77. The fourth-order valence-electron chi connectivity index (χ4n) is 3.65. The number of rotatable bonds is 8. The molecule has 1 aliphatic heterocycles. The molecule has 4 rings (SSSR count). The van der Waals surface area contributed by atoms with Gasteiger partial charge in [-0.25, -0.2) is 4.39 Å². The van der Waals surface area contributed by atoms with Gasteiger partial charge in [0.15, 0.2) is 0 Å². The summed E-state index contributed by atoms with van der Waals surface area (Å²) in [4.78, 5) is 39.1. The van der Waals surface area contributed by atoms with Gasteiger partial charge in [0, 0.05) is 11.3 Å². The van der Waals surface area contributed by atoms with Crippen molar-refractivity contribution in [2.75, 3.05) is 11.9 Å². The third-order valence-electron chi connectivity index (χ3n) is 5.68. The Balaban J connectivity index is 1.42. The molecule has 6 nitrogen and oxygen atoms in total. The first-order valence-corrected chi connectivity index (χ1v) is 14.0. The van der Waals surface area contributed by atoms with E-state index < -0.39 is 17.1 Å². The molecule has 3 aromatic carbocycles. The predicted molar refractivity (Wildman–Crippen MR) is 154 cm³/mol. The van der Waals surface area contributed by atoms with E-state index in [1.807, 2.05) is 12.1 Å². The van der Waals surface area contributed by atoms with E-state index in [-0.39, 0.29) is 23.9 Å². The van der Waals surface area contributed by atoms with Crippen LogP contribution >= 0.6 is 43.6 Å². The summed E-state index contributed by atoms with van der Waals surface area (Å²) >= 11 is 7.68. The van der Waals surface area contributed by atoms with Gasteiger partial charge in [-0.2, -0.15) is 0 Å². The summed E-state index contributed by atoms with van der Waals surface area (Å²) in [6, 6.07) is 17.2. The molecule has 3 amide bonds. The summed E-state index contributed by atoms with van der Waals surface area (Å²) in [7, 11) is 0. The molecular weight excluding hydrogens is 639 g/mol. The van der Waals surface area contributed by atoms with Crippen LogP contribution in [0.3, 0.4) is 0 Å². The van der Waals surface area contributed by atoms with Crippen LogP contribution in [0.15, 0.2) is 74.5 Å². The lowest BCUT2D eigenvalue weighted by Crippen LogP contribution is -2.36. The average Bonchev–Trinajstić information content (AvgIpc) is 3.12. The van der Waals surface area contributed by atoms with E-state index in [0.717, 1.165) is 22.2 Å². The van der Waals surface area contributed by atoms with Crippen molar-refractivity contribution >= 4 is 72.4 Å². The van der Waals surface area contributed by atoms with Crippen LogP contribution in [0.4, 0.5) is 14.9 Å². The monoisotopic (exact) mass is 660 g/mol. The minimum absolute atomic E-state index is 0.0338. The molecule has 3 aromatic rings.